The van der Waals surface area contributed by atoms with Gasteiger partial charge in [-0.05, 0) is 5.92 Å². The quantitative estimate of drug-likeness (QED) is 0.392. The second kappa shape index (κ2) is 5.43. The zero-order chi connectivity index (χ0) is 11.4. The zero-order valence-electron chi connectivity index (χ0n) is 7.97. The largest absolute Gasteiger partial charge is 0.756 e. The van der Waals surface area contributed by atoms with Gasteiger partial charge in [-0.25, -0.2) is 0 Å². The summed E-state index contributed by atoms with van der Waals surface area (Å²) >= 11 is 0. The van der Waals surface area contributed by atoms with Gasteiger partial charge in [0.25, 0.3) is 7.82 Å². The van der Waals surface area contributed by atoms with Gasteiger partial charge in [-0.15, -0.1) is 0 Å². The Bertz CT molecular complexity index is 242. The van der Waals surface area contributed by atoms with E-state index >= 15 is 0 Å². The molecule has 14 heavy (non-hydrogen) atoms. The smallest absolute Gasteiger partial charge is 0.272 e. The van der Waals surface area contributed by atoms with Crippen LogP contribution < -0.4 is 15.7 Å². The molecular weight excluding hydrogens is 213 g/mol. The predicted octanol–water partition coefficient (Wildman–Crippen LogP) is -2.54. The molecule has 7 nitrogen and oxygen atoms in total. The number of phosphoric acid groups is 1. The highest BCUT2D eigenvalue weighted by atomic mass is 31.2. The van der Waals surface area contributed by atoms with E-state index in [1.54, 1.807) is 13.8 Å². The van der Waals surface area contributed by atoms with Crippen molar-refractivity contribution in [2.45, 2.75) is 20.1 Å². The molecule has 0 heterocycles. The van der Waals surface area contributed by atoms with E-state index in [0.717, 1.165) is 0 Å². The molecule has 0 saturated carbocycles. The Labute approximate surface area is 81.4 Å². The summed E-state index contributed by atoms with van der Waals surface area (Å²) in [5.74, 6) is -1.72. The van der Waals surface area contributed by atoms with Crippen molar-refractivity contribution in [1.82, 2.24) is 0 Å². The number of carbonyl (C=O) groups excluding carboxylic acids is 1. The van der Waals surface area contributed by atoms with Crippen molar-refractivity contribution < 1.29 is 34.1 Å². The number of quaternary nitrogens is 1. The predicted molar refractivity (Wildman–Crippen MR) is 41.2 cm³/mol. The van der Waals surface area contributed by atoms with E-state index < -0.39 is 20.0 Å². The molecule has 0 bridgehead atoms. The van der Waals surface area contributed by atoms with Crippen molar-refractivity contribution in [1.29, 1.82) is 0 Å². The first-order chi connectivity index (χ1) is 6.24. The molecule has 0 amide bonds. The lowest BCUT2D eigenvalue weighted by Gasteiger charge is -2.25. The summed E-state index contributed by atoms with van der Waals surface area (Å²) in [5.41, 5.74) is 2.91. The van der Waals surface area contributed by atoms with Crippen LogP contribution in [-0.2, 0) is 18.4 Å². The van der Waals surface area contributed by atoms with Gasteiger partial charge in [0.15, 0.2) is 0 Å². The number of carboxylic acid groups (broad SMARTS) is 1. The van der Waals surface area contributed by atoms with E-state index in [-0.39, 0.29) is 12.5 Å². The van der Waals surface area contributed by atoms with Gasteiger partial charge in [0.05, 0.1) is 6.61 Å². The molecule has 0 fully saturated rings. The summed E-state index contributed by atoms with van der Waals surface area (Å²) in [6.07, 6.45) is -1.79. The maximum Gasteiger partial charge on any atom is 0.272 e. The monoisotopic (exact) mass is 226 g/mol. The highest BCUT2D eigenvalue weighted by molar-refractivity contribution is 7.45. The molecule has 0 aliphatic rings. The van der Waals surface area contributed by atoms with Crippen molar-refractivity contribution in [3.05, 3.63) is 0 Å². The van der Waals surface area contributed by atoms with Crippen LogP contribution in [-0.4, -0.2) is 18.8 Å². The van der Waals surface area contributed by atoms with Crippen LogP contribution in [0, 0.1) is 5.92 Å². The normalized spacial score (nSPS) is 17.8. The number of phosphoric ester groups is 1. The van der Waals surface area contributed by atoms with Crippen LogP contribution in [0.4, 0.5) is 0 Å². The molecule has 0 aromatic heterocycles. The minimum atomic E-state index is -4.59. The summed E-state index contributed by atoms with van der Waals surface area (Å²) in [5, 5.41) is 10.1. The molecule has 8 heteroatoms. The lowest BCUT2D eigenvalue weighted by Crippen LogP contribution is -2.69. The standard InChI is InChI=1S/C6H14NO6P/c1-4(2)3-12-14(10,11)13-5(7)6(8)9/h4-5H,3,7H2,1-2H3,(H,8,9)(H,10,11)/p-1/t5-/m0/s1. The number of rotatable bonds is 6. The van der Waals surface area contributed by atoms with E-state index in [9.17, 15) is 19.4 Å². The second-order valence-corrected chi connectivity index (χ2v) is 4.41. The summed E-state index contributed by atoms with van der Waals surface area (Å²) in [7, 11) is -4.59. The topological polar surface area (TPSA) is 126 Å². The van der Waals surface area contributed by atoms with Crippen molar-refractivity contribution >= 4 is 13.8 Å². The Morgan fingerprint density at radius 2 is 2.07 bits per heavy atom. The number of carbonyl (C=O) groups is 1. The van der Waals surface area contributed by atoms with Crippen LogP contribution in [0.25, 0.3) is 0 Å². The molecule has 0 saturated heterocycles. The van der Waals surface area contributed by atoms with E-state index in [1.807, 2.05) is 0 Å². The first-order valence-corrected chi connectivity index (χ1v) is 5.38. The summed E-state index contributed by atoms with van der Waals surface area (Å²) in [4.78, 5) is 21.0. The van der Waals surface area contributed by atoms with Crippen LogP contribution in [0.5, 0.6) is 0 Å². The fraction of sp³-hybridized carbons (Fsp3) is 0.833. The third-order valence-electron chi connectivity index (χ3n) is 1.09. The molecule has 0 aliphatic carbocycles. The van der Waals surface area contributed by atoms with Gasteiger partial charge >= 0.3 is 0 Å². The van der Waals surface area contributed by atoms with E-state index in [2.05, 4.69) is 14.8 Å². The number of hydrogen-bond donors (Lipinski definition) is 1. The average Bonchev–Trinajstić information content (AvgIpc) is 2.00. The molecular formula is C6H13NO6P-. The Hall–Kier alpha value is -0.460. The zero-order valence-corrected chi connectivity index (χ0v) is 8.86. The van der Waals surface area contributed by atoms with Gasteiger partial charge in [-0.1, -0.05) is 13.8 Å². The maximum absolute atomic E-state index is 10.9. The number of hydrogen-bond acceptors (Lipinski definition) is 6. The third kappa shape index (κ3) is 6.06. The Balaban J connectivity index is 4.07. The highest BCUT2D eigenvalue weighted by Gasteiger charge is 2.18. The van der Waals surface area contributed by atoms with Gasteiger partial charge in [-0.2, -0.15) is 0 Å². The summed E-state index contributed by atoms with van der Waals surface area (Å²) in [6.45, 7) is 3.40. The Kier molecular flexibility index (Phi) is 5.25. The third-order valence-corrected chi connectivity index (χ3v) is 2.06. The lowest BCUT2D eigenvalue weighted by molar-refractivity contribution is -0.487. The van der Waals surface area contributed by atoms with Crippen LogP contribution >= 0.6 is 7.82 Å². The van der Waals surface area contributed by atoms with Crippen LogP contribution in [0.15, 0.2) is 0 Å². The molecule has 0 aliphatic heterocycles. The van der Waals surface area contributed by atoms with Gasteiger partial charge < -0.3 is 25.1 Å². The van der Waals surface area contributed by atoms with Gasteiger partial charge in [0.1, 0.15) is 5.97 Å². The van der Waals surface area contributed by atoms with E-state index in [4.69, 9.17) is 0 Å². The van der Waals surface area contributed by atoms with Gasteiger partial charge in [-0.3, -0.25) is 9.09 Å². The molecule has 0 aromatic rings. The van der Waals surface area contributed by atoms with Crippen molar-refractivity contribution in [3.63, 3.8) is 0 Å². The van der Waals surface area contributed by atoms with Crippen molar-refractivity contribution in [3.8, 4) is 0 Å². The molecule has 0 aromatic carbocycles. The molecule has 0 spiro atoms. The van der Waals surface area contributed by atoms with Crippen molar-refractivity contribution in [2.75, 3.05) is 6.61 Å². The first-order valence-electron chi connectivity index (χ1n) is 3.92. The van der Waals surface area contributed by atoms with E-state index in [1.165, 1.54) is 0 Å². The Morgan fingerprint density at radius 1 is 1.57 bits per heavy atom. The SMILES string of the molecule is CC(C)COP(=O)([O-])O[C@H]([NH3+])C(=O)[O-]. The molecule has 1 unspecified atom stereocenters. The minimum absolute atomic E-state index is 0.00732. The van der Waals surface area contributed by atoms with Crippen LogP contribution in [0.3, 0.4) is 0 Å². The summed E-state index contributed by atoms with van der Waals surface area (Å²) < 4.78 is 19.3. The fourth-order valence-corrected chi connectivity index (χ4v) is 1.41. The average molecular weight is 226 g/mol. The molecule has 3 N–H and O–H groups in total. The minimum Gasteiger partial charge on any atom is -0.756 e. The molecule has 0 radical (unpaired) electrons. The highest BCUT2D eigenvalue weighted by Crippen LogP contribution is 2.39. The lowest BCUT2D eigenvalue weighted by atomic mass is 10.2. The van der Waals surface area contributed by atoms with Crippen LogP contribution in [0.2, 0.25) is 0 Å². The second-order valence-electron chi connectivity index (χ2n) is 3.05. The molecule has 2 atom stereocenters. The molecule has 0 rings (SSSR count). The maximum atomic E-state index is 10.9. The fourth-order valence-electron chi connectivity index (χ4n) is 0.470. The van der Waals surface area contributed by atoms with Gasteiger partial charge in [0, 0.05) is 0 Å². The van der Waals surface area contributed by atoms with Crippen LogP contribution in [0.1, 0.15) is 13.8 Å². The molecule has 84 valence electrons. The van der Waals surface area contributed by atoms with E-state index in [0.29, 0.717) is 0 Å². The van der Waals surface area contributed by atoms with Gasteiger partial charge in [0.2, 0.25) is 6.23 Å². The number of carboxylic acids is 1. The summed E-state index contributed by atoms with van der Waals surface area (Å²) in [6, 6.07) is 0. The Morgan fingerprint density at radius 3 is 2.43 bits per heavy atom. The number of aliphatic carboxylic acids is 1. The first kappa shape index (κ1) is 13.5. The van der Waals surface area contributed by atoms with Crippen molar-refractivity contribution in [2.24, 2.45) is 5.92 Å².